The number of aryl methyl sites for hydroxylation is 1. The molecule has 0 aliphatic rings. The summed E-state index contributed by atoms with van der Waals surface area (Å²) in [6, 6.07) is 33.4. The Kier molecular flexibility index (Phi) is 3.99. The number of nitriles is 1. The normalized spacial score (nSPS) is 12.7. The van der Waals surface area contributed by atoms with Crippen molar-refractivity contribution in [2.24, 2.45) is 0 Å². The molecule has 0 saturated carbocycles. The largest absolute Gasteiger partial charge is 0.455 e. The average Bonchev–Trinajstić information content (AvgIpc) is 3.31. The molecule has 6 aromatic rings. The lowest BCUT2D eigenvalue weighted by Gasteiger charge is -2.07. The van der Waals surface area contributed by atoms with Gasteiger partial charge in [0.1, 0.15) is 11.2 Å². The highest BCUT2D eigenvalue weighted by Crippen LogP contribution is 2.41. The summed E-state index contributed by atoms with van der Waals surface area (Å²) in [5, 5.41) is 11.7. The maximum absolute atomic E-state index is 9.92. The van der Waals surface area contributed by atoms with Crippen molar-refractivity contribution >= 4 is 21.9 Å². The van der Waals surface area contributed by atoms with Crippen molar-refractivity contribution in [2.45, 2.75) is 6.85 Å². The molecule has 0 aliphatic heterocycles. The number of pyridine rings is 1. The lowest BCUT2D eigenvalue weighted by molar-refractivity contribution is 0.670. The third kappa shape index (κ3) is 3.25. The third-order valence-corrected chi connectivity index (χ3v) is 6.11. The number of fused-ring (bicyclic) bond motifs is 3. The molecule has 0 fully saturated rings. The number of para-hydroxylation sites is 1. The first kappa shape index (κ1) is 16.9. The minimum Gasteiger partial charge on any atom is -0.455 e. The summed E-state index contributed by atoms with van der Waals surface area (Å²) in [5.41, 5.74) is 7.22. The van der Waals surface area contributed by atoms with Gasteiger partial charge in [0.2, 0.25) is 0 Å². The minimum atomic E-state index is -2.21. The zero-order valence-electron chi connectivity index (χ0n) is 21.1. The predicted molar refractivity (Wildman–Crippen MR) is 137 cm³/mol. The van der Waals surface area contributed by atoms with E-state index in [1.165, 1.54) is 6.20 Å². The van der Waals surface area contributed by atoms with E-state index in [0.717, 1.165) is 38.6 Å². The summed E-state index contributed by atoms with van der Waals surface area (Å²) in [7, 11) is 0. The molecule has 160 valence electrons. The molecule has 0 atom stereocenters. The van der Waals surface area contributed by atoms with Gasteiger partial charge in [0.05, 0.1) is 17.3 Å². The van der Waals surface area contributed by atoms with Gasteiger partial charge in [0.15, 0.2) is 0 Å². The summed E-state index contributed by atoms with van der Waals surface area (Å²) < 4.78 is 29.3. The molecule has 0 bridgehead atoms. The molecule has 2 aromatic heterocycles. The first-order valence-electron chi connectivity index (χ1n) is 12.4. The lowest BCUT2D eigenvalue weighted by Crippen LogP contribution is -1.86. The quantitative estimate of drug-likeness (QED) is 0.279. The van der Waals surface area contributed by atoms with Crippen LogP contribution in [0.25, 0.3) is 55.4 Å². The highest BCUT2D eigenvalue weighted by Gasteiger charge is 2.19. The van der Waals surface area contributed by atoms with Crippen LogP contribution in [0, 0.1) is 18.2 Å². The van der Waals surface area contributed by atoms with Gasteiger partial charge in [0.25, 0.3) is 0 Å². The molecule has 3 nitrogen and oxygen atoms in total. The molecule has 0 aliphatic carbocycles. The van der Waals surface area contributed by atoms with E-state index in [1.807, 2.05) is 60.7 Å². The molecule has 0 unspecified atom stereocenters. The van der Waals surface area contributed by atoms with Crippen LogP contribution in [0.1, 0.15) is 15.2 Å². The number of aromatic nitrogens is 1. The second kappa shape index (κ2) is 8.03. The van der Waals surface area contributed by atoms with Crippen LogP contribution in [0.3, 0.4) is 0 Å². The molecular formula is C31H20N2O. The fraction of sp³-hybridized carbons (Fsp3) is 0.0323. The van der Waals surface area contributed by atoms with Crippen molar-refractivity contribution in [1.29, 1.82) is 5.26 Å². The molecule has 34 heavy (non-hydrogen) atoms. The van der Waals surface area contributed by atoms with Gasteiger partial charge in [-0.3, -0.25) is 4.98 Å². The van der Waals surface area contributed by atoms with Crippen LogP contribution in [0.15, 0.2) is 108 Å². The SMILES string of the molecule is [2H]C([2H])([2H])c1ccc(-c2cccc3c2oc2c(-c4ccc(-c5ccccc5)cc4)c(C#N)ccc23)nc1. The van der Waals surface area contributed by atoms with Crippen molar-refractivity contribution in [3.63, 3.8) is 0 Å². The molecule has 3 heteroatoms. The monoisotopic (exact) mass is 439 g/mol. The Morgan fingerprint density at radius 3 is 2.24 bits per heavy atom. The smallest absolute Gasteiger partial charge is 0.144 e. The number of hydrogen-bond donors (Lipinski definition) is 0. The van der Waals surface area contributed by atoms with Crippen molar-refractivity contribution in [3.8, 4) is 39.6 Å². The molecule has 0 radical (unpaired) electrons. The third-order valence-electron chi connectivity index (χ3n) is 6.11. The molecular weight excluding hydrogens is 416 g/mol. The zero-order chi connectivity index (χ0) is 25.6. The van der Waals surface area contributed by atoms with Gasteiger partial charge in [-0.25, -0.2) is 0 Å². The van der Waals surface area contributed by atoms with E-state index >= 15 is 0 Å². The zero-order valence-corrected chi connectivity index (χ0v) is 18.1. The van der Waals surface area contributed by atoms with E-state index < -0.39 is 6.85 Å². The summed E-state index contributed by atoms with van der Waals surface area (Å²) in [5.74, 6) is 0. The van der Waals surface area contributed by atoms with Crippen LogP contribution < -0.4 is 0 Å². The Bertz CT molecular complexity index is 1800. The van der Waals surface area contributed by atoms with Crippen molar-refractivity contribution in [2.75, 3.05) is 0 Å². The van der Waals surface area contributed by atoms with Crippen LogP contribution in [0.4, 0.5) is 0 Å². The number of nitrogens with zero attached hydrogens (tertiary/aromatic N) is 2. The topological polar surface area (TPSA) is 49.8 Å². The van der Waals surface area contributed by atoms with E-state index in [1.54, 1.807) is 12.1 Å². The van der Waals surface area contributed by atoms with Crippen LogP contribution in [0.2, 0.25) is 0 Å². The molecule has 2 heterocycles. The highest BCUT2D eigenvalue weighted by molar-refractivity contribution is 6.13. The Hall–Kier alpha value is -4.68. The second-order valence-electron chi connectivity index (χ2n) is 8.14. The molecule has 0 saturated heterocycles. The fourth-order valence-electron chi connectivity index (χ4n) is 4.46. The fourth-order valence-corrected chi connectivity index (χ4v) is 4.46. The Labute approximate surface area is 201 Å². The van der Waals surface area contributed by atoms with E-state index in [9.17, 15) is 5.26 Å². The Balaban J connectivity index is 1.52. The van der Waals surface area contributed by atoms with Gasteiger partial charge in [-0.2, -0.15) is 5.26 Å². The number of benzene rings is 4. The van der Waals surface area contributed by atoms with Crippen molar-refractivity contribution < 1.29 is 8.53 Å². The standard InChI is InChI=1S/C31H20N2O/c1-20-10-17-28(33-19-20)27-9-5-8-25-26-16-15-24(18-32)29(31(26)34-30(25)27)23-13-11-22(12-14-23)21-6-3-2-4-7-21/h2-17,19H,1H3/i1D3. The maximum Gasteiger partial charge on any atom is 0.144 e. The summed E-state index contributed by atoms with van der Waals surface area (Å²) in [6.07, 6.45) is 1.39. The van der Waals surface area contributed by atoms with E-state index in [-0.39, 0.29) is 5.56 Å². The minimum absolute atomic E-state index is 0.188. The molecule has 0 amide bonds. The van der Waals surface area contributed by atoms with Crippen molar-refractivity contribution in [3.05, 3.63) is 114 Å². The van der Waals surface area contributed by atoms with Gasteiger partial charge in [0, 0.05) is 32.2 Å². The molecule has 6 rings (SSSR count). The number of furan rings is 1. The van der Waals surface area contributed by atoms with Gasteiger partial charge in [-0.15, -0.1) is 0 Å². The molecule has 0 N–H and O–H groups in total. The van der Waals surface area contributed by atoms with Crippen LogP contribution in [0.5, 0.6) is 0 Å². The van der Waals surface area contributed by atoms with E-state index in [4.69, 9.17) is 8.53 Å². The molecule has 4 aromatic carbocycles. The van der Waals surface area contributed by atoms with Gasteiger partial charge >= 0.3 is 0 Å². The van der Waals surface area contributed by atoms with Gasteiger partial charge in [-0.1, -0.05) is 72.8 Å². The van der Waals surface area contributed by atoms with E-state index in [2.05, 4.69) is 35.3 Å². The highest BCUT2D eigenvalue weighted by atomic mass is 16.3. The van der Waals surface area contributed by atoms with Gasteiger partial charge < -0.3 is 4.42 Å². The predicted octanol–water partition coefficient (Wildman–Crippen LogP) is 8.16. The van der Waals surface area contributed by atoms with E-state index in [0.29, 0.717) is 22.4 Å². The van der Waals surface area contributed by atoms with Crippen LogP contribution in [-0.4, -0.2) is 4.98 Å². The summed E-state index contributed by atoms with van der Waals surface area (Å²) >= 11 is 0. The lowest BCUT2D eigenvalue weighted by atomic mass is 9.95. The van der Waals surface area contributed by atoms with Crippen LogP contribution >= 0.6 is 0 Å². The summed E-state index contributed by atoms with van der Waals surface area (Å²) in [6.45, 7) is -2.21. The Morgan fingerprint density at radius 2 is 1.50 bits per heavy atom. The second-order valence-corrected chi connectivity index (χ2v) is 8.14. The number of hydrogen-bond acceptors (Lipinski definition) is 3. The Morgan fingerprint density at radius 1 is 0.735 bits per heavy atom. The average molecular weight is 440 g/mol. The van der Waals surface area contributed by atoms with Gasteiger partial charge in [-0.05, 0) is 53.4 Å². The molecule has 0 spiro atoms. The van der Waals surface area contributed by atoms with Crippen molar-refractivity contribution in [1.82, 2.24) is 4.98 Å². The first-order chi connectivity index (χ1) is 17.9. The van der Waals surface area contributed by atoms with Crippen LogP contribution in [-0.2, 0) is 0 Å². The summed E-state index contributed by atoms with van der Waals surface area (Å²) in [4.78, 5) is 4.42. The maximum atomic E-state index is 9.92. The number of rotatable bonds is 3. The first-order valence-corrected chi connectivity index (χ1v) is 10.9.